The van der Waals surface area contributed by atoms with Gasteiger partial charge in [0.15, 0.2) is 5.96 Å². The molecule has 0 bridgehead atoms. The van der Waals surface area contributed by atoms with Gasteiger partial charge in [-0.3, -0.25) is 10.1 Å². The second-order valence-corrected chi connectivity index (χ2v) is 5.61. The first kappa shape index (κ1) is 21.9. The Morgan fingerprint density at radius 2 is 1.88 bits per heavy atom. The Bertz CT molecular complexity index is 766. The summed E-state index contributed by atoms with van der Waals surface area (Å²) in [6, 6.07) is 13.9. The number of hydrogen-bond acceptors (Lipinski definition) is 3. The zero-order valence-electron chi connectivity index (χ0n) is 14.0. The predicted octanol–water partition coefficient (Wildman–Crippen LogP) is 4.29. The van der Waals surface area contributed by atoms with Crippen molar-refractivity contribution in [3.63, 3.8) is 0 Å². The second-order valence-electron chi connectivity index (χ2n) is 5.20. The van der Waals surface area contributed by atoms with Crippen LogP contribution in [0.15, 0.2) is 66.2 Å². The molecule has 2 aromatic rings. The summed E-state index contributed by atoms with van der Waals surface area (Å²) < 4.78 is 0. The van der Waals surface area contributed by atoms with Crippen LogP contribution in [0.4, 0.5) is 5.69 Å². The van der Waals surface area contributed by atoms with E-state index in [0.29, 0.717) is 30.6 Å². The van der Waals surface area contributed by atoms with E-state index in [9.17, 15) is 10.1 Å². The van der Waals surface area contributed by atoms with Crippen LogP contribution in [-0.4, -0.2) is 17.4 Å². The van der Waals surface area contributed by atoms with Crippen molar-refractivity contribution in [2.45, 2.75) is 13.1 Å². The molecule has 0 aliphatic carbocycles. The van der Waals surface area contributed by atoms with E-state index in [1.165, 1.54) is 12.1 Å². The van der Waals surface area contributed by atoms with Gasteiger partial charge < -0.3 is 10.6 Å². The van der Waals surface area contributed by atoms with Gasteiger partial charge in [-0.15, -0.1) is 30.6 Å². The monoisotopic (exact) mass is 486 g/mol. The molecule has 2 N–H and O–H groups in total. The number of nitro benzene ring substituents is 1. The molecule has 2 aromatic carbocycles. The summed E-state index contributed by atoms with van der Waals surface area (Å²) in [6.45, 7) is 5.17. The fourth-order valence-electron chi connectivity index (χ4n) is 2.06. The molecular formula is C18H20ClIN4O2. The fraction of sp³-hybridized carbons (Fsp3) is 0.167. The van der Waals surface area contributed by atoms with Gasteiger partial charge in [0.25, 0.3) is 5.69 Å². The van der Waals surface area contributed by atoms with E-state index in [1.807, 2.05) is 24.3 Å². The van der Waals surface area contributed by atoms with Crippen LogP contribution < -0.4 is 10.6 Å². The minimum absolute atomic E-state index is 0. The molecule has 0 radical (unpaired) electrons. The van der Waals surface area contributed by atoms with Gasteiger partial charge in [0, 0.05) is 30.2 Å². The molecule has 0 aliphatic heterocycles. The lowest BCUT2D eigenvalue weighted by Crippen LogP contribution is -2.37. The number of rotatable bonds is 7. The third kappa shape index (κ3) is 7.01. The SMILES string of the molecule is C=CCNC(=NCc1ccc([N+](=O)[O-])cc1)NCc1ccccc1Cl.I. The van der Waals surface area contributed by atoms with Gasteiger partial charge in [-0.25, -0.2) is 4.99 Å². The van der Waals surface area contributed by atoms with E-state index in [4.69, 9.17) is 11.6 Å². The summed E-state index contributed by atoms with van der Waals surface area (Å²) >= 11 is 6.15. The van der Waals surface area contributed by atoms with E-state index in [2.05, 4.69) is 22.2 Å². The maximum Gasteiger partial charge on any atom is 0.269 e. The number of aliphatic imine (C=N–C) groups is 1. The highest BCUT2D eigenvalue weighted by Gasteiger charge is 2.05. The minimum Gasteiger partial charge on any atom is -0.353 e. The second kappa shape index (κ2) is 11.5. The van der Waals surface area contributed by atoms with Gasteiger partial charge in [-0.1, -0.05) is 48.0 Å². The Balaban J connectivity index is 0.00000338. The van der Waals surface area contributed by atoms with E-state index >= 15 is 0 Å². The molecule has 8 heteroatoms. The van der Waals surface area contributed by atoms with Gasteiger partial charge >= 0.3 is 0 Å². The van der Waals surface area contributed by atoms with Crippen molar-refractivity contribution in [2.24, 2.45) is 4.99 Å². The topological polar surface area (TPSA) is 79.6 Å². The number of nitro groups is 1. The number of nitrogens with one attached hydrogen (secondary N) is 2. The Morgan fingerprint density at radius 3 is 2.50 bits per heavy atom. The molecule has 0 spiro atoms. The molecule has 0 aromatic heterocycles. The molecule has 0 heterocycles. The summed E-state index contributed by atoms with van der Waals surface area (Å²) in [7, 11) is 0. The summed E-state index contributed by atoms with van der Waals surface area (Å²) in [4.78, 5) is 14.7. The summed E-state index contributed by atoms with van der Waals surface area (Å²) in [5.41, 5.74) is 1.91. The number of non-ortho nitro benzene ring substituents is 1. The van der Waals surface area contributed by atoms with Crippen molar-refractivity contribution in [3.8, 4) is 0 Å². The minimum atomic E-state index is -0.421. The highest BCUT2D eigenvalue weighted by Crippen LogP contribution is 2.14. The number of hydrogen-bond donors (Lipinski definition) is 2. The van der Waals surface area contributed by atoms with Crippen LogP contribution in [0.5, 0.6) is 0 Å². The number of halogens is 2. The molecular weight excluding hydrogens is 467 g/mol. The summed E-state index contributed by atoms with van der Waals surface area (Å²) in [5, 5.41) is 17.7. The average molecular weight is 487 g/mol. The first-order chi connectivity index (χ1) is 12.1. The van der Waals surface area contributed by atoms with E-state index in [0.717, 1.165) is 11.1 Å². The van der Waals surface area contributed by atoms with Crippen molar-refractivity contribution in [1.82, 2.24) is 10.6 Å². The number of nitrogens with zero attached hydrogens (tertiary/aromatic N) is 2. The zero-order valence-corrected chi connectivity index (χ0v) is 17.1. The summed E-state index contributed by atoms with van der Waals surface area (Å²) in [5.74, 6) is 0.609. The number of guanidine groups is 1. The Morgan fingerprint density at radius 1 is 1.19 bits per heavy atom. The van der Waals surface area contributed by atoms with Crippen molar-refractivity contribution in [2.75, 3.05) is 6.54 Å². The first-order valence-corrected chi connectivity index (χ1v) is 8.07. The van der Waals surface area contributed by atoms with Crippen molar-refractivity contribution in [3.05, 3.63) is 87.4 Å². The standard InChI is InChI=1S/C18H19ClN4O2.HI/c1-2-11-20-18(22-13-15-5-3-4-6-17(15)19)21-12-14-7-9-16(10-8-14)23(24)25;/h2-10H,1,11-13H2,(H2,20,21,22);1H. The quantitative estimate of drug-likeness (QED) is 0.153. The maximum atomic E-state index is 10.7. The Labute approximate surface area is 174 Å². The lowest BCUT2D eigenvalue weighted by molar-refractivity contribution is -0.384. The van der Waals surface area contributed by atoms with Crippen LogP contribution in [-0.2, 0) is 13.1 Å². The summed E-state index contributed by atoms with van der Waals surface area (Å²) in [6.07, 6.45) is 1.73. The molecule has 26 heavy (non-hydrogen) atoms. The van der Waals surface area contributed by atoms with Crippen molar-refractivity contribution < 1.29 is 4.92 Å². The van der Waals surface area contributed by atoms with E-state index in [-0.39, 0.29) is 29.7 Å². The first-order valence-electron chi connectivity index (χ1n) is 7.70. The molecule has 0 saturated heterocycles. The van der Waals surface area contributed by atoms with Crippen molar-refractivity contribution in [1.29, 1.82) is 0 Å². The zero-order chi connectivity index (χ0) is 18.1. The smallest absolute Gasteiger partial charge is 0.269 e. The molecule has 0 fully saturated rings. The van der Waals surface area contributed by atoms with Crippen LogP contribution >= 0.6 is 35.6 Å². The molecule has 0 atom stereocenters. The van der Waals surface area contributed by atoms with Gasteiger partial charge in [0.05, 0.1) is 11.5 Å². The average Bonchev–Trinajstić information content (AvgIpc) is 2.62. The van der Waals surface area contributed by atoms with Gasteiger partial charge in [0.2, 0.25) is 0 Å². The molecule has 0 saturated carbocycles. The number of benzene rings is 2. The molecule has 0 unspecified atom stereocenters. The molecule has 2 rings (SSSR count). The van der Waals surface area contributed by atoms with Crippen molar-refractivity contribution >= 4 is 47.2 Å². The lowest BCUT2D eigenvalue weighted by Gasteiger charge is -2.12. The third-order valence-corrected chi connectivity index (χ3v) is 3.75. The van der Waals surface area contributed by atoms with Gasteiger partial charge in [-0.2, -0.15) is 0 Å². The van der Waals surface area contributed by atoms with E-state index < -0.39 is 4.92 Å². The molecule has 0 aliphatic rings. The van der Waals surface area contributed by atoms with Crippen LogP contribution in [0.25, 0.3) is 0 Å². The van der Waals surface area contributed by atoms with E-state index in [1.54, 1.807) is 18.2 Å². The van der Waals surface area contributed by atoms with Crippen LogP contribution in [0, 0.1) is 10.1 Å². The van der Waals surface area contributed by atoms with Crippen LogP contribution in [0.2, 0.25) is 5.02 Å². The van der Waals surface area contributed by atoms with Crippen LogP contribution in [0.3, 0.4) is 0 Å². The predicted molar refractivity (Wildman–Crippen MR) is 116 cm³/mol. The normalized spacial score (nSPS) is 10.6. The largest absolute Gasteiger partial charge is 0.353 e. The van der Waals surface area contributed by atoms with Crippen LogP contribution in [0.1, 0.15) is 11.1 Å². The highest BCUT2D eigenvalue weighted by atomic mass is 127. The maximum absolute atomic E-state index is 10.7. The highest BCUT2D eigenvalue weighted by molar-refractivity contribution is 14.0. The molecule has 138 valence electrons. The Hall–Kier alpha value is -2.13. The molecule has 0 amide bonds. The third-order valence-electron chi connectivity index (χ3n) is 3.38. The Kier molecular flexibility index (Phi) is 9.67. The van der Waals surface area contributed by atoms with Gasteiger partial charge in [0.1, 0.15) is 0 Å². The lowest BCUT2D eigenvalue weighted by atomic mass is 10.2. The fourth-order valence-corrected chi connectivity index (χ4v) is 2.26. The molecule has 6 nitrogen and oxygen atoms in total. The van der Waals surface area contributed by atoms with Gasteiger partial charge in [-0.05, 0) is 17.2 Å².